The number of carbonyl (C=O) groups is 1. The van der Waals surface area contributed by atoms with Gasteiger partial charge in [0.15, 0.2) is 5.11 Å². The molecule has 5 rings (SSSR count). The van der Waals surface area contributed by atoms with Crippen molar-refractivity contribution >= 4 is 57.5 Å². The third kappa shape index (κ3) is 4.50. The number of fused-ring (bicyclic) bond motifs is 1. The lowest BCUT2D eigenvalue weighted by molar-refractivity contribution is -0.113. The summed E-state index contributed by atoms with van der Waals surface area (Å²) < 4.78 is 7.73. The number of hydrogen-bond donors (Lipinski definition) is 1. The first kappa shape index (κ1) is 24.1. The summed E-state index contributed by atoms with van der Waals surface area (Å²) in [6, 6.07) is 21.5. The Labute approximate surface area is 220 Å². The number of ether oxygens (including phenoxy) is 1. The van der Waals surface area contributed by atoms with Crippen LogP contribution in [0.3, 0.4) is 0 Å². The van der Waals surface area contributed by atoms with E-state index in [9.17, 15) is 4.79 Å². The highest BCUT2D eigenvalue weighted by atomic mass is 35.5. The minimum atomic E-state index is -0.192. The Balaban J connectivity index is 1.53. The van der Waals surface area contributed by atoms with Crippen LogP contribution in [0.2, 0.25) is 5.02 Å². The Kier molecular flexibility index (Phi) is 6.81. The molecule has 0 bridgehead atoms. The highest BCUT2D eigenvalue weighted by Gasteiger charge is 2.32. The van der Waals surface area contributed by atoms with Crippen LogP contribution in [0, 0.1) is 0 Å². The highest BCUT2D eigenvalue weighted by molar-refractivity contribution is 7.80. The molecule has 0 unspecified atom stereocenters. The van der Waals surface area contributed by atoms with Crippen molar-refractivity contribution in [1.82, 2.24) is 9.88 Å². The van der Waals surface area contributed by atoms with Crippen LogP contribution in [0.4, 0.5) is 5.69 Å². The SMILES string of the molecule is CCOc1ccc(N2C(=O)/C(=C/c3cn(Cc4ccccc4Cl)c4c(CC)cccc34)NC2=S)cc1. The van der Waals surface area contributed by atoms with Gasteiger partial charge in [-0.05, 0) is 73.1 Å². The minimum absolute atomic E-state index is 0.192. The predicted molar refractivity (Wildman–Crippen MR) is 151 cm³/mol. The summed E-state index contributed by atoms with van der Waals surface area (Å²) in [7, 11) is 0. The molecular weight excluding hydrogens is 490 g/mol. The average Bonchev–Trinajstić information content (AvgIpc) is 3.37. The van der Waals surface area contributed by atoms with Crippen molar-refractivity contribution in [3.63, 3.8) is 0 Å². The number of hydrogen-bond acceptors (Lipinski definition) is 3. The Morgan fingerprint density at radius 1 is 1.00 bits per heavy atom. The molecule has 0 spiro atoms. The second-order valence-electron chi connectivity index (χ2n) is 8.53. The molecule has 0 aliphatic carbocycles. The van der Waals surface area contributed by atoms with Crippen molar-refractivity contribution in [2.75, 3.05) is 11.5 Å². The van der Waals surface area contributed by atoms with E-state index in [1.165, 1.54) is 10.5 Å². The molecular formula is C29H26ClN3O2S. The lowest BCUT2D eigenvalue weighted by atomic mass is 10.1. The predicted octanol–water partition coefficient (Wildman–Crippen LogP) is 6.57. The van der Waals surface area contributed by atoms with Gasteiger partial charge in [-0.3, -0.25) is 9.69 Å². The summed E-state index contributed by atoms with van der Waals surface area (Å²) in [6.45, 7) is 5.30. The first-order valence-electron chi connectivity index (χ1n) is 11.9. The normalized spacial score (nSPS) is 14.6. The molecule has 4 aromatic rings. The quantitative estimate of drug-likeness (QED) is 0.223. The molecule has 0 saturated carbocycles. The number of amides is 1. The van der Waals surface area contributed by atoms with E-state index in [1.807, 2.05) is 61.5 Å². The van der Waals surface area contributed by atoms with E-state index in [0.717, 1.165) is 39.2 Å². The lowest BCUT2D eigenvalue weighted by Gasteiger charge is -2.14. The summed E-state index contributed by atoms with van der Waals surface area (Å²) >= 11 is 12.0. The first-order valence-corrected chi connectivity index (χ1v) is 12.7. The van der Waals surface area contributed by atoms with E-state index < -0.39 is 0 Å². The van der Waals surface area contributed by atoms with Gasteiger partial charge in [-0.2, -0.15) is 0 Å². The van der Waals surface area contributed by atoms with Crippen molar-refractivity contribution < 1.29 is 9.53 Å². The summed E-state index contributed by atoms with van der Waals surface area (Å²) in [5, 5.41) is 5.27. The molecule has 1 amide bonds. The van der Waals surface area contributed by atoms with Crippen LogP contribution in [0.5, 0.6) is 5.75 Å². The minimum Gasteiger partial charge on any atom is -0.494 e. The highest BCUT2D eigenvalue weighted by Crippen LogP contribution is 2.31. The Morgan fingerprint density at radius 2 is 1.75 bits per heavy atom. The average molecular weight is 516 g/mol. The van der Waals surface area contributed by atoms with Crippen LogP contribution in [0.15, 0.2) is 78.6 Å². The molecule has 182 valence electrons. The summed E-state index contributed by atoms with van der Waals surface area (Å²) in [5.41, 5.74) is 5.50. The number of carbonyl (C=O) groups excluding carboxylic acids is 1. The summed E-state index contributed by atoms with van der Waals surface area (Å²) in [4.78, 5) is 14.9. The van der Waals surface area contributed by atoms with Crippen LogP contribution >= 0.6 is 23.8 Å². The number of para-hydroxylation sites is 1. The third-order valence-electron chi connectivity index (χ3n) is 6.28. The van der Waals surface area contributed by atoms with Gasteiger partial charge >= 0.3 is 0 Å². The van der Waals surface area contributed by atoms with Gasteiger partial charge < -0.3 is 14.6 Å². The summed E-state index contributed by atoms with van der Waals surface area (Å²) in [6.07, 6.45) is 4.86. The van der Waals surface area contributed by atoms with Gasteiger partial charge in [0, 0.05) is 28.7 Å². The zero-order valence-corrected chi connectivity index (χ0v) is 21.7. The van der Waals surface area contributed by atoms with Gasteiger partial charge in [-0.15, -0.1) is 0 Å². The zero-order chi connectivity index (χ0) is 25.2. The van der Waals surface area contributed by atoms with Crippen LogP contribution in [0.25, 0.3) is 17.0 Å². The van der Waals surface area contributed by atoms with Gasteiger partial charge in [0.2, 0.25) is 0 Å². The molecule has 1 fully saturated rings. The van der Waals surface area contributed by atoms with Crippen LogP contribution < -0.4 is 15.0 Å². The molecule has 1 N–H and O–H groups in total. The monoisotopic (exact) mass is 515 g/mol. The van der Waals surface area contributed by atoms with Crippen LogP contribution in [-0.4, -0.2) is 22.2 Å². The number of anilines is 1. The maximum atomic E-state index is 13.4. The molecule has 7 heteroatoms. The van der Waals surface area contributed by atoms with E-state index in [4.69, 9.17) is 28.6 Å². The van der Waals surface area contributed by atoms with Crippen molar-refractivity contribution in [3.8, 4) is 5.75 Å². The van der Waals surface area contributed by atoms with E-state index in [1.54, 1.807) is 0 Å². The number of thiocarbonyl (C=S) groups is 1. The summed E-state index contributed by atoms with van der Waals surface area (Å²) in [5.74, 6) is 0.559. The fourth-order valence-corrected chi connectivity index (χ4v) is 5.08. The topological polar surface area (TPSA) is 46.5 Å². The van der Waals surface area contributed by atoms with E-state index in [0.29, 0.717) is 29.6 Å². The maximum absolute atomic E-state index is 13.4. The number of halogens is 1. The maximum Gasteiger partial charge on any atom is 0.281 e. The Bertz CT molecular complexity index is 1490. The second-order valence-corrected chi connectivity index (χ2v) is 9.32. The Hall–Kier alpha value is -3.61. The van der Waals surface area contributed by atoms with Crippen LogP contribution in [-0.2, 0) is 17.8 Å². The Morgan fingerprint density at radius 3 is 2.47 bits per heavy atom. The van der Waals surface area contributed by atoms with Gasteiger partial charge in [0.05, 0.1) is 17.8 Å². The third-order valence-corrected chi connectivity index (χ3v) is 6.93. The molecule has 1 aliphatic rings. The molecule has 0 radical (unpaired) electrons. The van der Waals surface area contributed by atoms with E-state index in [2.05, 4.69) is 41.2 Å². The van der Waals surface area contributed by atoms with Crippen molar-refractivity contribution in [2.45, 2.75) is 26.8 Å². The number of nitrogens with one attached hydrogen (secondary N) is 1. The van der Waals surface area contributed by atoms with E-state index in [-0.39, 0.29) is 5.91 Å². The number of rotatable bonds is 7. The number of aromatic nitrogens is 1. The van der Waals surface area contributed by atoms with Crippen molar-refractivity contribution in [3.05, 3.63) is 100 Å². The van der Waals surface area contributed by atoms with Crippen molar-refractivity contribution in [1.29, 1.82) is 0 Å². The number of benzene rings is 3. The number of aryl methyl sites for hydroxylation is 1. The first-order chi connectivity index (χ1) is 17.5. The van der Waals surface area contributed by atoms with Gasteiger partial charge in [-0.25, -0.2) is 0 Å². The largest absolute Gasteiger partial charge is 0.494 e. The molecule has 36 heavy (non-hydrogen) atoms. The molecule has 0 atom stereocenters. The lowest BCUT2D eigenvalue weighted by Crippen LogP contribution is -2.30. The molecule has 2 heterocycles. The standard InChI is InChI=1S/C29H26ClN3O2S/c1-3-19-9-7-10-24-21(18-32(27(19)24)17-20-8-5-6-11-25(20)30)16-26-28(34)33(29(36)31-26)22-12-14-23(15-13-22)35-4-2/h5-16,18H,3-4,17H2,1-2H3,(H,31,36)/b26-16-. The van der Waals surface area contributed by atoms with Crippen LogP contribution in [0.1, 0.15) is 30.5 Å². The number of nitrogens with zero attached hydrogens (tertiary/aromatic N) is 2. The van der Waals surface area contributed by atoms with Crippen molar-refractivity contribution in [2.24, 2.45) is 0 Å². The molecule has 1 aliphatic heterocycles. The fourth-order valence-electron chi connectivity index (χ4n) is 4.58. The molecule has 3 aromatic carbocycles. The van der Waals surface area contributed by atoms with Gasteiger partial charge in [-0.1, -0.05) is 54.9 Å². The molecule has 5 nitrogen and oxygen atoms in total. The van der Waals surface area contributed by atoms with E-state index >= 15 is 0 Å². The molecule has 1 aromatic heterocycles. The zero-order valence-electron chi connectivity index (χ0n) is 20.1. The van der Waals surface area contributed by atoms with Gasteiger partial charge in [0.1, 0.15) is 11.4 Å². The molecule has 1 saturated heterocycles. The second kappa shape index (κ2) is 10.2. The van der Waals surface area contributed by atoms with Gasteiger partial charge in [0.25, 0.3) is 5.91 Å². The smallest absolute Gasteiger partial charge is 0.281 e. The fraction of sp³-hybridized carbons (Fsp3) is 0.172.